The fourth-order valence-electron chi connectivity index (χ4n) is 1.83. The molecule has 0 spiro atoms. The average molecular weight is 235 g/mol. The van der Waals surface area contributed by atoms with Crippen molar-refractivity contribution >= 4 is 18.0 Å². The molecule has 0 aromatic carbocycles. The molecule has 6 heteroatoms. The third-order valence-electron chi connectivity index (χ3n) is 2.67. The highest BCUT2D eigenvalue weighted by atomic mass is 16.5. The summed E-state index contributed by atoms with van der Waals surface area (Å²) >= 11 is 0. The predicted molar refractivity (Wildman–Crippen MR) is 60.8 cm³/mol. The van der Waals surface area contributed by atoms with E-state index in [0.717, 1.165) is 6.29 Å². The number of rotatable bonds is 3. The number of pyridine rings is 1. The van der Waals surface area contributed by atoms with Gasteiger partial charge in [-0.15, -0.1) is 0 Å². The Bertz CT molecular complexity index is 436. The Kier molecular flexibility index (Phi) is 3.34. The van der Waals surface area contributed by atoms with Crippen molar-refractivity contribution < 1.29 is 14.3 Å². The van der Waals surface area contributed by atoms with Gasteiger partial charge in [-0.3, -0.25) is 9.59 Å². The van der Waals surface area contributed by atoms with Crippen molar-refractivity contribution in [3.8, 4) is 0 Å². The van der Waals surface area contributed by atoms with Gasteiger partial charge in [0.2, 0.25) is 5.91 Å². The zero-order valence-corrected chi connectivity index (χ0v) is 9.20. The van der Waals surface area contributed by atoms with Crippen LogP contribution in [0.15, 0.2) is 18.3 Å². The Balaban J connectivity index is 2.35. The molecule has 1 aliphatic rings. The average Bonchev–Trinajstić information content (AvgIpc) is 2.38. The molecular weight excluding hydrogens is 222 g/mol. The zero-order valence-electron chi connectivity index (χ0n) is 9.20. The van der Waals surface area contributed by atoms with Crippen molar-refractivity contribution in [1.29, 1.82) is 0 Å². The van der Waals surface area contributed by atoms with Crippen LogP contribution in [0.5, 0.6) is 0 Å². The Labute approximate surface area is 98.4 Å². The lowest BCUT2D eigenvalue weighted by Crippen LogP contribution is -2.53. The van der Waals surface area contributed by atoms with Crippen LogP contribution in [-0.2, 0) is 9.53 Å². The third-order valence-corrected chi connectivity index (χ3v) is 2.67. The maximum Gasteiger partial charge on any atom is 0.242 e. The number of nitrogens with zero attached hydrogens (tertiary/aromatic N) is 2. The molecule has 2 rings (SSSR count). The molecule has 1 atom stereocenters. The van der Waals surface area contributed by atoms with Crippen LogP contribution < -0.4 is 10.6 Å². The minimum Gasteiger partial charge on any atom is -0.377 e. The first-order valence-electron chi connectivity index (χ1n) is 5.28. The van der Waals surface area contributed by atoms with Crippen molar-refractivity contribution in [3.05, 3.63) is 23.9 Å². The van der Waals surface area contributed by atoms with Crippen molar-refractivity contribution in [1.82, 2.24) is 4.98 Å². The van der Waals surface area contributed by atoms with E-state index in [0.29, 0.717) is 24.5 Å². The van der Waals surface area contributed by atoms with Crippen molar-refractivity contribution in [3.63, 3.8) is 0 Å². The maximum atomic E-state index is 11.3. The Hall–Kier alpha value is -1.95. The molecule has 1 saturated heterocycles. The summed E-state index contributed by atoms with van der Waals surface area (Å²) in [7, 11) is 0. The minimum atomic E-state index is -0.572. The van der Waals surface area contributed by atoms with E-state index in [1.54, 1.807) is 23.2 Å². The monoisotopic (exact) mass is 235 g/mol. The number of nitrogens with two attached hydrogens (primary N) is 1. The first kappa shape index (κ1) is 11.5. The fourth-order valence-corrected chi connectivity index (χ4v) is 1.83. The Morgan fingerprint density at radius 2 is 2.47 bits per heavy atom. The highest BCUT2D eigenvalue weighted by Gasteiger charge is 2.29. The van der Waals surface area contributed by atoms with Gasteiger partial charge < -0.3 is 15.4 Å². The summed E-state index contributed by atoms with van der Waals surface area (Å²) in [5.41, 5.74) is 5.75. The quantitative estimate of drug-likeness (QED) is 0.719. The van der Waals surface area contributed by atoms with Gasteiger partial charge in [0.1, 0.15) is 11.9 Å². The lowest BCUT2D eigenvalue weighted by molar-refractivity contribution is -0.121. The first-order chi connectivity index (χ1) is 8.24. The Morgan fingerprint density at radius 1 is 1.65 bits per heavy atom. The number of carbonyl (C=O) groups excluding carboxylic acids is 2. The second kappa shape index (κ2) is 4.92. The highest BCUT2D eigenvalue weighted by molar-refractivity contribution is 5.88. The van der Waals surface area contributed by atoms with Crippen LogP contribution in [0.3, 0.4) is 0 Å². The third kappa shape index (κ3) is 2.26. The van der Waals surface area contributed by atoms with E-state index in [1.807, 2.05) is 0 Å². The second-order valence-corrected chi connectivity index (χ2v) is 3.72. The van der Waals surface area contributed by atoms with E-state index in [1.165, 1.54) is 0 Å². The van der Waals surface area contributed by atoms with Crippen LogP contribution in [0.1, 0.15) is 10.4 Å². The molecule has 1 aromatic rings. The van der Waals surface area contributed by atoms with E-state index in [2.05, 4.69) is 4.98 Å². The van der Waals surface area contributed by atoms with E-state index in [-0.39, 0.29) is 6.61 Å². The SMILES string of the molecule is NC(=O)C1COCCN1c1ncccc1C=O. The van der Waals surface area contributed by atoms with Crippen molar-refractivity contribution in [2.24, 2.45) is 5.73 Å². The largest absolute Gasteiger partial charge is 0.377 e. The van der Waals surface area contributed by atoms with Gasteiger partial charge in [0.25, 0.3) is 0 Å². The number of hydrogen-bond donors (Lipinski definition) is 1. The van der Waals surface area contributed by atoms with E-state index in [9.17, 15) is 9.59 Å². The first-order valence-corrected chi connectivity index (χ1v) is 5.28. The molecule has 90 valence electrons. The Morgan fingerprint density at radius 3 is 3.18 bits per heavy atom. The molecule has 1 aliphatic heterocycles. The summed E-state index contributed by atoms with van der Waals surface area (Å²) in [6, 6.07) is 2.76. The number of anilines is 1. The minimum absolute atomic E-state index is 0.226. The molecule has 0 saturated carbocycles. The molecule has 1 amide bonds. The van der Waals surface area contributed by atoms with Gasteiger partial charge in [-0.05, 0) is 12.1 Å². The predicted octanol–water partition coefficient (Wildman–Crippen LogP) is -0.415. The summed E-state index contributed by atoms with van der Waals surface area (Å²) in [5, 5.41) is 0. The molecule has 6 nitrogen and oxygen atoms in total. The number of hydrogen-bond acceptors (Lipinski definition) is 5. The van der Waals surface area contributed by atoms with Crippen molar-refractivity contribution in [2.45, 2.75) is 6.04 Å². The number of amides is 1. The summed E-state index contributed by atoms with van der Waals surface area (Å²) in [6.07, 6.45) is 2.30. The molecule has 17 heavy (non-hydrogen) atoms. The summed E-state index contributed by atoms with van der Waals surface area (Å²) in [4.78, 5) is 28.1. The van der Waals surface area contributed by atoms with E-state index in [4.69, 9.17) is 10.5 Å². The van der Waals surface area contributed by atoms with Crippen molar-refractivity contribution in [2.75, 3.05) is 24.7 Å². The van der Waals surface area contributed by atoms with Gasteiger partial charge in [0, 0.05) is 12.7 Å². The van der Waals surface area contributed by atoms with Gasteiger partial charge in [0.05, 0.1) is 18.8 Å². The standard InChI is InChI=1S/C11H13N3O3/c12-10(16)9-7-17-5-4-14(9)11-8(6-15)2-1-3-13-11/h1-3,6,9H,4-5,7H2,(H2,12,16). The van der Waals surface area contributed by atoms with Crippen LogP contribution in [-0.4, -0.2) is 43.0 Å². The van der Waals surface area contributed by atoms with Crippen LogP contribution in [0.4, 0.5) is 5.82 Å². The highest BCUT2D eigenvalue weighted by Crippen LogP contribution is 2.20. The van der Waals surface area contributed by atoms with Gasteiger partial charge in [-0.1, -0.05) is 0 Å². The number of carbonyl (C=O) groups is 2. The normalized spacial score (nSPS) is 20.0. The molecule has 0 aliphatic carbocycles. The van der Waals surface area contributed by atoms with Crippen LogP contribution in [0.25, 0.3) is 0 Å². The summed E-state index contributed by atoms with van der Waals surface area (Å²) in [5.74, 6) is 0.00167. The molecule has 1 aromatic heterocycles. The molecule has 2 N–H and O–H groups in total. The number of ether oxygens (including phenoxy) is 1. The van der Waals surface area contributed by atoms with Gasteiger partial charge in [0.15, 0.2) is 6.29 Å². The molecule has 0 bridgehead atoms. The molecule has 1 unspecified atom stereocenters. The number of primary amides is 1. The fraction of sp³-hybridized carbons (Fsp3) is 0.364. The number of morpholine rings is 1. The van der Waals surface area contributed by atoms with Gasteiger partial charge >= 0.3 is 0 Å². The molecule has 0 radical (unpaired) electrons. The second-order valence-electron chi connectivity index (χ2n) is 3.72. The topological polar surface area (TPSA) is 85.5 Å². The van der Waals surface area contributed by atoms with E-state index < -0.39 is 11.9 Å². The van der Waals surface area contributed by atoms with Crippen LogP contribution in [0, 0.1) is 0 Å². The van der Waals surface area contributed by atoms with Gasteiger partial charge in [-0.2, -0.15) is 0 Å². The zero-order chi connectivity index (χ0) is 12.3. The molecule has 1 fully saturated rings. The van der Waals surface area contributed by atoms with Crippen LogP contribution in [0.2, 0.25) is 0 Å². The maximum absolute atomic E-state index is 11.3. The lowest BCUT2D eigenvalue weighted by Gasteiger charge is -2.34. The van der Waals surface area contributed by atoms with E-state index >= 15 is 0 Å². The van der Waals surface area contributed by atoms with Gasteiger partial charge in [-0.25, -0.2) is 4.98 Å². The molecule has 2 heterocycles. The number of aldehydes is 1. The molecular formula is C11H13N3O3. The number of aromatic nitrogens is 1. The summed E-state index contributed by atoms with van der Waals surface area (Å²) in [6.45, 7) is 1.20. The lowest BCUT2D eigenvalue weighted by atomic mass is 10.2. The van der Waals surface area contributed by atoms with Crippen LogP contribution >= 0.6 is 0 Å². The summed E-state index contributed by atoms with van der Waals surface area (Å²) < 4.78 is 5.21. The smallest absolute Gasteiger partial charge is 0.242 e.